The molecule has 0 aliphatic carbocycles. The number of carbonyl (C=O) groups is 1. The average Bonchev–Trinajstić information content (AvgIpc) is 2.72. The molecule has 0 bridgehead atoms. The van der Waals surface area contributed by atoms with Crippen molar-refractivity contribution in [2.24, 2.45) is 0 Å². The van der Waals surface area contributed by atoms with Gasteiger partial charge in [0.15, 0.2) is 0 Å². The van der Waals surface area contributed by atoms with E-state index in [0.717, 1.165) is 4.31 Å². The molecule has 3 rings (SSSR count). The molecule has 0 aliphatic rings. The van der Waals surface area contributed by atoms with Gasteiger partial charge in [0.2, 0.25) is 5.91 Å². The second kappa shape index (κ2) is 9.92. The van der Waals surface area contributed by atoms with Crippen LogP contribution in [0.1, 0.15) is 11.1 Å². The first-order valence-electron chi connectivity index (χ1n) is 9.23. The van der Waals surface area contributed by atoms with Gasteiger partial charge in [0, 0.05) is 21.6 Å². The lowest BCUT2D eigenvalue weighted by atomic mass is 10.2. The summed E-state index contributed by atoms with van der Waals surface area (Å²) in [7, 11) is -4.00. The molecule has 5 nitrogen and oxygen atoms in total. The molecule has 0 spiro atoms. The van der Waals surface area contributed by atoms with Crippen LogP contribution in [0.2, 0.25) is 15.1 Å². The van der Waals surface area contributed by atoms with E-state index in [0.29, 0.717) is 31.9 Å². The van der Waals surface area contributed by atoms with E-state index in [1.165, 1.54) is 12.1 Å². The molecule has 0 saturated carbocycles. The summed E-state index contributed by atoms with van der Waals surface area (Å²) in [5.41, 5.74) is 1.66. The minimum atomic E-state index is -4.00. The van der Waals surface area contributed by atoms with Gasteiger partial charge in [-0.15, -0.1) is 0 Å². The Morgan fingerprint density at radius 1 is 0.935 bits per heavy atom. The number of hydrogen-bond donors (Lipinski definition) is 1. The summed E-state index contributed by atoms with van der Waals surface area (Å²) in [4.78, 5) is 12.8. The zero-order valence-corrected chi connectivity index (χ0v) is 19.6. The van der Waals surface area contributed by atoms with Crippen molar-refractivity contribution in [2.75, 3.05) is 10.8 Å². The SMILES string of the molecule is Cc1cc(Cl)ccc1N(CC(=O)NCc1ccc(Cl)cc1Cl)S(=O)(=O)c1ccccc1. The highest BCUT2D eigenvalue weighted by molar-refractivity contribution is 7.92. The maximum atomic E-state index is 13.3. The van der Waals surface area contributed by atoms with Gasteiger partial charge < -0.3 is 5.32 Å². The molecule has 31 heavy (non-hydrogen) atoms. The van der Waals surface area contributed by atoms with Crippen LogP contribution < -0.4 is 9.62 Å². The fourth-order valence-corrected chi connectivity index (χ4v) is 5.17. The van der Waals surface area contributed by atoms with Gasteiger partial charge in [-0.3, -0.25) is 9.10 Å². The van der Waals surface area contributed by atoms with Crippen LogP contribution in [0.4, 0.5) is 5.69 Å². The Hall–Kier alpha value is -2.25. The van der Waals surface area contributed by atoms with Crippen LogP contribution in [0.15, 0.2) is 71.6 Å². The van der Waals surface area contributed by atoms with Gasteiger partial charge in [0.05, 0.1) is 10.6 Å². The van der Waals surface area contributed by atoms with Crippen molar-refractivity contribution in [3.05, 3.63) is 92.9 Å². The van der Waals surface area contributed by atoms with Gasteiger partial charge >= 0.3 is 0 Å². The van der Waals surface area contributed by atoms with Crippen LogP contribution >= 0.6 is 34.8 Å². The molecule has 0 radical (unpaired) electrons. The molecule has 0 heterocycles. The second-order valence-electron chi connectivity index (χ2n) is 6.77. The monoisotopic (exact) mass is 496 g/mol. The molecule has 0 atom stereocenters. The first-order chi connectivity index (χ1) is 14.7. The standard InChI is InChI=1S/C22H19Cl3N2O3S/c1-15-11-17(23)9-10-21(15)27(31(29,30)19-5-3-2-4-6-19)14-22(28)26-13-16-7-8-18(24)12-20(16)25/h2-12H,13-14H2,1H3,(H,26,28). The van der Waals surface area contributed by atoms with Crippen molar-refractivity contribution in [1.82, 2.24) is 5.32 Å². The fraction of sp³-hybridized carbons (Fsp3) is 0.136. The summed E-state index contributed by atoms with van der Waals surface area (Å²) >= 11 is 18.1. The predicted molar refractivity (Wildman–Crippen MR) is 125 cm³/mol. The number of anilines is 1. The quantitative estimate of drug-likeness (QED) is 0.471. The Labute approximate surface area is 196 Å². The van der Waals surface area contributed by atoms with Crippen LogP contribution in [-0.4, -0.2) is 20.9 Å². The van der Waals surface area contributed by atoms with E-state index in [9.17, 15) is 13.2 Å². The topological polar surface area (TPSA) is 66.5 Å². The van der Waals surface area contributed by atoms with Crippen LogP contribution in [0.5, 0.6) is 0 Å². The average molecular weight is 498 g/mol. The van der Waals surface area contributed by atoms with Gasteiger partial charge in [-0.2, -0.15) is 0 Å². The normalized spacial score (nSPS) is 11.2. The molecule has 0 fully saturated rings. The number of aryl methyl sites for hydroxylation is 1. The lowest BCUT2D eigenvalue weighted by molar-refractivity contribution is -0.119. The van der Waals surface area contributed by atoms with Crippen molar-refractivity contribution in [3.63, 3.8) is 0 Å². The van der Waals surface area contributed by atoms with Crippen molar-refractivity contribution < 1.29 is 13.2 Å². The molecule has 9 heteroatoms. The number of halogens is 3. The van der Waals surface area contributed by atoms with Gasteiger partial charge in [-0.05, 0) is 60.5 Å². The highest BCUT2D eigenvalue weighted by Gasteiger charge is 2.28. The van der Waals surface area contributed by atoms with Crippen molar-refractivity contribution >= 4 is 56.4 Å². The third kappa shape index (κ3) is 5.71. The van der Waals surface area contributed by atoms with Crippen LogP contribution in [0.3, 0.4) is 0 Å². The third-order valence-electron chi connectivity index (χ3n) is 4.54. The van der Waals surface area contributed by atoms with E-state index in [4.69, 9.17) is 34.8 Å². The van der Waals surface area contributed by atoms with Gasteiger partial charge in [0.1, 0.15) is 6.54 Å². The molecule has 162 valence electrons. The minimum Gasteiger partial charge on any atom is -0.350 e. The maximum Gasteiger partial charge on any atom is 0.264 e. The minimum absolute atomic E-state index is 0.0814. The van der Waals surface area contributed by atoms with Crippen molar-refractivity contribution in [2.45, 2.75) is 18.4 Å². The molecule has 0 unspecified atom stereocenters. The van der Waals surface area contributed by atoms with E-state index in [-0.39, 0.29) is 11.4 Å². The number of nitrogens with one attached hydrogen (secondary N) is 1. The number of hydrogen-bond acceptors (Lipinski definition) is 3. The molecular formula is C22H19Cl3N2O3S. The van der Waals surface area contributed by atoms with E-state index in [2.05, 4.69) is 5.32 Å². The highest BCUT2D eigenvalue weighted by Crippen LogP contribution is 2.29. The summed E-state index contributed by atoms with van der Waals surface area (Å²) in [5.74, 6) is -0.486. The molecule has 0 saturated heterocycles. The number of sulfonamides is 1. The molecule has 0 aliphatic heterocycles. The number of rotatable bonds is 7. The van der Waals surface area contributed by atoms with E-state index >= 15 is 0 Å². The predicted octanol–water partition coefficient (Wildman–Crippen LogP) is 5.47. The molecule has 0 aromatic heterocycles. The number of amides is 1. The second-order valence-corrected chi connectivity index (χ2v) is 9.91. The number of carbonyl (C=O) groups excluding carboxylic acids is 1. The van der Waals surface area contributed by atoms with Crippen LogP contribution in [-0.2, 0) is 21.4 Å². The van der Waals surface area contributed by atoms with E-state index in [1.54, 1.807) is 61.5 Å². The Morgan fingerprint density at radius 3 is 2.23 bits per heavy atom. The first kappa shape index (κ1) is 23.4. The summed E-state index contributed by atoms with van der Waals surface area (Å²) in [6.07, 6.45) is 0. The first-order valence-corrected chi connectivity index (χ1v) is 11.8. The zero-order chi connectivity index (χ0) is 22.6. The number of benzene rings is 3. The van der Waals surface area contributed by atoms with Crippen molar-refractivity contribution in [1.29, 1.82) is 0 Å². The summed E-state index contributed by atoms with van der Waals surface area (Å²) in [5, 5.41) is 4.08. The molecular weight excluding hydrogens is 479 g/mol. The Balaban J connectivity index is 1.88. The van der Waals surface area contributed by atoms with Crippen LogP contribution in [0, 0.1) is 6.92 Å². The summed E-state index contributed by atoms with van der Waals surface area (Å²) in [6, 6.07) is 17.7. The van der Waals surface area contributed by atoms with E-state index in [1.807, 2.05) is 0 Å². The van der Waals surface area contributed by atoms with Gasteiger partial charge in [-0.25, -0.2) is 8.42 Å². The van der Waals surface area contributed by atoms with Gasteiger partial charge in [-0.1, -0.05) is 59.1 Å². The number of nitrogens with zero attached hydrogens (tertiary/aromatic N) is 1. The maximum absolute atomic E-state index is 13.3. The lowest BCUT2D eigenvalue weighted by Gasteiger charge is -2.25. The molecule has 1 N–H and O–H groups in total. The smallest absolute Gasteiger partial charge is 0.264 e. The molecule has 3 aromatic rings. The Bertz CT molecular complexity index is 1200. The fourth-order valence-electron chi connectivity index (χ4n) is 2.96. The zero-order valence-electron chi connectivity index (χ0n) is 16.5. The van der Waals surface area contributed by atoms with Crippen LogP contribution in [0.25, 0.3) is 0 Å². The largest absolute Gasteiger partial charge is 0.350 e. The van der Waals surface area contributed by atoms with E-state index < -0.39 is 22.5 Å². The lowest BCUT2D eigenvalue weighted by Crippen LogP contribution is -2.41. The summed E-state index contributed by atoms with van der Waals surface area (Å²) in [6.45, 7) is 1.46. The summed E-state index contributed by atoms with van der Waals surface area (Å²) < 4.78 is 27.8. The van der Waals surface area contributed by atoms with Crippen molar-refractivity contribution in [3.8, 4) is 0 Å². The Kier molecular flexibility index (Phi) is 7.49. The Morgan fingerprint density at radius 2 is 1.58 bits per heavy atom. The highest BCUT2D eigenvalue weighted by atomic mass is 35.5. The molecule has 3 aromatic carbocycles. The third-order valence-corrected chi connectivity index (χ3v) is 7.13. The molecule has 1 amide bonds. The van der Waals surface area contributed by atoms with Gasteiger partial charge in [0.25, 0.3) is 10.0 Å².